The van der Waals surface area contributed by atoms with E-state index >= 15 is 0 Å². The summed E-state index contributed by atoms with van der Waals surface area (Å²) in [6.07, 6.45) is 6.02. The Morgan fingerprint density at radius 2 is 2.14 bits per heavy atom. The second-order valence-corrected chi connectivity index (χ2v) is 5.90. The van der Waals surface area contributed by atoms with Crippen molar-refractivity contribution in [2.24, 2.45) is 5.92 Å². The summed E-state index contributed by atoms with van der Waals surface area (Å²) in [4.78, 5) is 14.6. The summed E-state index contributed by atoms with van der Waals surface area (Å²) >= 11 is 0. The third-order valence-electron chi connectivity index (χ3n) is 4.40. The molecule has 1 N–H and O–H groups in total. The van der Waals surface area contributed by atoms with Crippen molar-refractivity contribution in [2.75, 3.05) is 13.1 Å². The molecule has 1 amide bonds. The molecule has 1 fully saturated rings. The highest BCUT2D eigenvalue weighted by Gasteiger charge is 2.21. The van der Waals surface area contributed by atoms with E-state index in [1.54, 1.807) is 0 Å². The fourth-order valence-corrected chi connectivity index (χ4v) is 3.22. The number of nitrogens with zero attached hydrogens (tertiary/aromatic N) is 3. The number of H-pyrrole nitrogens is 1. The van der Waals surface area contributed by atoms with E-state index in [2.05, 4.69) is 22.3 Å². The first-order valence-electron chi connectivity index (χ1n) is 7.87. The van der Waals surface area contributed by atoms with Crippen molar-refractivity contribution in [3.8, 4) is 0 Å². The minimum absolute atomic E-state index is 0.122. The molecule has 112 valence electrons. The van der Waals surface area contributed by atoms with Crippen LogP contribution in [0.1, 0.15) is 49.4 Å². The van der Waals surface area contributed by atoms with Gasteiger partial charge in [0.05, 0.1) is 0 Å². The molecular weight excluding hydrogens is 264 g/mol. The molecule has 0 aliphatic carbocycles. The molecule has 1 aliphatic heterocycles. The van der Waals surface area contributed by atoms with Gasteiger partial charge in [0.2, 0.25) is 0 Å². The maximum absolute atomic E-state index is 12.7. The van der Waals surface area contributed by atoms with Crippen LogP contribution in [0, 0.1) is 5.92 Å². The normalized spacial score (nSPS) is 19.7. The van der Waals surface area contributed by atoms with Crippen LogP contribution in [-0.4, -0.2) is 39.3 Å². The van der Waals surface area contributed by atoms with Crippen LogP contribution in [0.4, 0.5) is 0 Å². The fraction of sp³-hybridized carbons (Fsp3) is 0.562. The lowest BCUT2D eigenvalue weighted by molar-refractivity contribution is 0.0760. The van der Waals surface area contributed by atoms with Gasteiger partial charge in [0.1, 0.15) is 11.0 Å². The lowest BCUT2D eigenvalue weighted by Crippen LogP contribution is -2.32. The Morgan fingerprint density at radius 1 is 1.29 bits per heavy atom. The van der Waals surface area contributed by atoms with Gasteiger partial charge in [-0.05, 0) is 43.4 Å². The van der Waals surface area contributed by atoms with E-state index in [0.717, 1.165) is 42.9 Å². The number of likely N-dealkylation sites (tertiary alicyclic amines) is 1. The van der Waals surface area contributed by atoms with E-state index in [-0.39, 0.29) is 5.91 Å². The van der Waals surface area contributed by atoms with E-state index in [1.807, 2.05) is 23.1 Å². The number of hydrogen-bond donors (Lipinski definition) is 1. The Balaban J connectivity index is 1.72. The van der Waals surface area contributed by atoms with Crippen molar-refractivity contribution >= 4 is 16.9 Å². The summed E-state index contributed by atoms with van der Waals surface area (Å²) in [5, 5.41) is 10.7. The first-order valence-corrected chi connectivity index (χ1v) is 7.87. The van der Waals surface area contributed by atoms with Crippen LogP contribution in [0.3, 0.4) is 0 Å². The Hall–Kier alpha value is -1.91. The van der Waals surface area contributed by atoms with Gasteiger partial charge in [-0.3, -0.25) is 4.79 Å². The van der Waals surface area contributed by atoms with Crippen LogP contribution in [0.25, 0.3) is 11.0 Å². The van der Waals surface area contributed by atoms with E-state index in [4.69, 9.17) is 0 Å². The van der Waals surface area contributed by atoms with Crippen LogP contribution in [0.15, 0.2) is 18.2 Å². The van der Waals surface area contributed by atoms with Crippen molar-refractivity contribution < 1.29 is 4.79 Å². The van der Waals surface area contributed by atoms with Crippen LogP contribution >= 0.6 is 0 Å². The Morgan fingerprint density at radius 3 is 3.00 bits per heavy atom. The number of nitrogens with one attached hydrogen (secondary N) is 1. The monoisotopic (exact) mass is 286 g/mol. The second kappa shape index (κ2) is 6.24. The van der Waals surface area contributed by atoms with E-state index in [0.29, 0.717) is 5.56 Å². The van der Waals surface area contributed by atoms with E-state index < -0.39 is 0 Å². The van der Waals surface area contributed by atoms with Crippen molar-refractivity contribution in [1.29, 1.82) is 0 Å². The van der Waals surface area contributed by atoms with E-state index in [1.165, 1.54) is 19.3 Å². The Kier molecular flexibility index (Phi) is 4.18. The number of hydrogen-bond acceptors (Lipinski definition) is 3. The van der Waals surface area contributed by atoms with Gasteiger partial charge in [-0.15, -0.1) is 0 Å². The predicted molar refractivity (Wildman–Crippen MR) is 82.0 cm³/mol. The molecule has 2 aromatic rings. The quantitative estimate of drug-likeness (QED) is 0.943. The van der Waals surface area contributed by atoms with Gasteiger partial charge in [0, 0.05) is 18.7 Å². The van der Waals surface area contributed by atoms with Crippen LogP contribution < -0.4 is 0 Å². The number of fused-ring (bicyclic) bond motifs is 1. The molecule has 1 unspecified atom stereocenters. The third kappa shape index (κ3) is 3.06. The number of aromatic amines is 1. The minimum Gasteiger partial charge on any atom is -0.339 e. The number of amides is 1. The highest BCUT2D eigenvalue weighted by atomic mass is 16.2. The maximum atomic E-state index is 12.7. The number of benzene rings is 1. The summed E-state index contributed by atoms with van der Waals surface area (Å²) < 4.78 is 0. The predicted octanol–water partition coefficient (Wildman–Crippen LogP) is 3.00. The molecule has 2 heterocycles. The molecule has 3 rings (SSSR count). The van der Waals surface area contributed by atoms with Gasteiger partial charge >= 0.3 is 0 Å². The number of rotatable bonds is 3. The van der Waals surface area contributed by atoms with Crippen molar-refractivity contribution in [1.82, 2.24) is 20.3 Å². The van der Waals surface area contributed by atoms with Crippen LogP contribution in [-0.2, 0) is 0 Å². The summed E-state index contributed by atoms with van der Waals surface area (Å²) in [5.41, 5.74) is 2.26. The molecule has 0 spiro atoms. The average Bonchev–Trinajstić information content (AvgIpc) is 2.85. The lowest BCUT2D eigenvalue weighted by atomic mass is 9.96. The third-order valence-corrected chi connectivity index (χ3v) is 4.40. The van der Waals surface area contributed by atoms with Gasteiger partial charge in [-0.1, -0.05) is 19.8 Å². The number of carbonyl (C=O) groups is 1. The molecular formula is C16H22N4O. The smallest absolute Gasteiger partial charge is 0.253 e. The van der Waals surface area contributed by atoms with Crippen LogP contribution in [0.2, 0.25) is 0 Å². The zero-order chi connectivity index (χ0) is 14.7. The topological polar surface area (TPSA) is 61.9 Å². The number of carbonyl (C=O) groups excluding carboxylic acids is 1. The molecule has 1 aliphatic rings. The van der Waals surface area contributed by atoms with Gasteiger partial charge < -0.3 is 4.90 Å². The average molecular weight is 286 g/mol. The maximum Gasteiger partial charge on any atom is 0.253 e. The molecule has 1 saturated heterocycles. The van der Waals surface area contributed by atoms with Gasteiger partial charge in [0.25, 0.3) is 5.91 Å². The first kappa shape index (κ1) is 14.0. The molecule has 0 bridgehead atoms. The molecule has 0 saturated carbocycles. The molecule has 5 heteroatoms. The van der Waals surface area contributed by atoms with Crippen molar-refractivity contribution in [3.63, 3.8) is 0 Å². The van der Waals surface area contributed by atoms with Gasteiger partial charge in [-0.25, -0.2) is 0 Å². The second-order valence-electron chi connectivity index (χ2n) is 5.90. The van der Waals surface area contributed by atoms with Crippen LogP contribution in [0.5, 0.6) is 0 Å². The largest absolute Gasteiger partial charge is 0.339 e. The molecule has 21 heavy (non-hydrogen) atoms. The SMILES string of the molecule is CCCC1CCCN(C(=O)c2ccc3n[nH]nc3c2)CC1. The summed E-state index contributed by atoms with van der Waals surface area (Å²) in [7, 11) is 0. The van der Waals surface area contributed by atoms with Gasteiger partial charge in [0.15, 0.2) is 0 Å². The van der Waals surface area contributed by atoms with Crippen molar-refractivity contribution in [3.05, 3.63) is 23.8 Å². The van der Waals surface area contributed by atoms with Crippen molar-refractivity contribution in [2.45, 2.75) is 39.0 Å². The minimum atomic E-state index is 0.122. The summed E-state index contributed by atoms with van der Waals surface area (Å²) in [6, 6.07) is 5.53. The standard InChI is InChI=1S/C16H22N4O/c1-2-4-12-5-3-9-20(10-8-12)16(21)13-6-7-14-15(11-13)18-19-17-14/h6-7,11-12H,2-5,8-10H2,1H3,(H,17,18,19). The summed E-state index contributed by atoms with van der Waals surface area (Å²) in [5.74, 6) is 0.905. The molecule has 1 aromatic carbocycles. The summed E-state index contributed by atoms with van der Waals surface area (Å²) in [6.45, 7) is 3.98. The Bertz CT molecular complexity index is 622. The number of aromatic nitrogens is 3. The fourth-order valence-electron chi connectivity index (χ4n) is 3.22. The Labute approximate surface area is 124 Å². The molecule has 1 atom stereocenters. The molecule has 1 aromatic heterocycles. The highest BCUT2D eigenvalue weighted by Crippen LogP contribution is 2.23. The zero-order valence-electron chi connectivity index (χ0n) is 12.5. The van der Waals surface area contributed by atoms with Gasteiger partial charge in [-0.2, -0.15) is 15.4 Å². The zero-order valence-corrected chi connectivity index (χ0v) is 12.5. The van der Waals surface area contributed by atoms with E-state index in [9.17, 15) is 4.79 Å². The molecule has 0 radical (unpaired) electrons. The lowest BCUT2D eigenvalue weighted by Gasteiger charge is -2.20. The molecule has 5 nitrogen and oxygen atoms in total. The highest BCUT2D eigenvalue weighted by molar-refractivity contribution is 5.97. The first-order chi connectivity index (χ1) is 10.3.